The highest BCUT2D eigenvalue weighted by Crippen LogP contribution is 2.24. The molecule has 3 rings (SSSR count). The van der Waals surface area contributed by atoms with E-state index in [0.29, 0.717) is 28.7 Å². The average Bonchev–Trinajstić information content (AvgIpc) is 2.67. The molecule has 1 heterocycles. The fourth-order valence-electron chi connectivity index (χ4n) is 2.91. The summed E-state index contributed by atoms with van der Waals surface area (Å²) in [6.07, 6.45) is 0. The van der Waals surface area contributed by atoms with Crippen molar-refractivity contribution in [3.63, 3.8) is 0 Å². The van der Waals surface area contributed by atoms with Crippen LogP contribution in [0.4, 0.5) is 0 Å². The van der Waals surface area contributed by atoms with Gasteiger partial charge in [0.25, 0.3) is 5.91 Å². The number of piperazine rings is 1. The van der Waals surface area contributed by atoms with Crippen molar-refractivity contribution in [3.05, 3.63) is 58.6 Å². The lowest BCUT2D eigenvalue weighted by atomic mass is 10.1. The van der Waals surface area contributed by atoms with E-state index in [9.17, 15) is 4.79 Å². The van der Waals surface area contributed by atoms with Gasteiger partial charge in [-0.05, 0) is 49.5 Å². The minimum absolute atomic E-state index is 0.0495. The van der Waals surface area contributed by atoms with Crippen molar-refractivity contribution in [1.82, 2.24) is 9.80 Å². The Labute approximate surface area is 159 Å². The van der Waals surface area contributed by atoms with Gasteiger partial charge in [-0.25, -0.2) is 0 Å². The number of carbonyl (C=O) groups excluding carboxylic acids is 1. The molecule has 0 aromatic heterocycles. The molecule has 5 nitrogen and oxygen atoms in total. The molecule has 2 aromatic carbocycles. The molecule has 6 heteroatoms. The number of nitrogens with zero attached hydrogens (tertiary/aromatic N) is 2. The molecule has 0 spiro atoms. The number of likely N-dealkylation sites (N-methyl/N-ethyl adjacent to an activating group) is 1. The van der Waals surface area contributed by atoms with E-state index in [1.54, 1.807) is 19.2 Å². The Morgan fingerprint density at radius 3 is 2.42 bits per heavy atom. The van der Waals surface area contributed by atoms with E-state index in [1.165, 1.54) is 0 Å². The first-order valence-corrected chi connectivity index (χ1v) is 8.97. The molecule has 0 atom stereocenters. The smallest absolute Gasteiger partial charge is 0.253 e. The van der Waals surface area contributed by atoms with Crippen LogP contribution in [-0.4, -0.2) is 56.0 Å². The summed E-state index contributed by atoms with van der Waals surface area (Å²) in [6, 6.07) is 12.7. The van der Waals surface area contributed by atoms with Gasteiger partial charge in [0.1, 0.15) is 18.1 Å². The zero-order valence-electron chi connectivity index (χ0n) is 15.1. The van der Waals surface area contributed by atoms with Gasteiger partial charge < -0.3 is 19.3 Å². The van der Waals surface area contributed by atoms with Crippen molar-refractivity contribution in [1.29, 1.82) is 0 Å². The van der Waals surface area contributed by atoms with Gasteiger partial charge >= 0.3 is 0 Å². The van der Waals surface area contributed by atoms with E-state index >= 15 is 0 Å². The maximum absolute atomic E-state index is 12.8. The van der Waals surface area contributed by atoms with Crippen LogP contribution in [0.25, 0.3) is 0 Å². The number of hydrogen-bond acceptors (Lipinski definition) is 4. The number of amides is 1. The summed E-state index contributed by atoms with van der Waals surface area (Å²) >= 11 is 5.89. The average molecular weight is 375 g/mol. The number of halogens is 1. The molecule has 1 amide bonds. The molecule has 0 bridgehead atoms. The Kier molecular flexibility index (Phi) is 6.01. The van der Waals surface area contributed by atoms with Crippen LogP contribution in [0.2, 0.25) is 5.02 Å². The first-order chi connectivity index (χ1) is 12.6. The minimum Gasteiger partial charge on any atom is -0.496 e. The summed E-state index contributed by atoms with van der Waals surface area (Å²) in [6.45, 7) is 3.60. The quantitative estimate of drug-likeness (QED) is 0.805. The molecule has 0 unspecified atom stereocenters. The SMILES string of the molecule is COc1ccc(C(=O)N2CCN(C)CC2)cc1COc1ccc(Cl)cc1. The van der Waals surface area contributed by atoms with E-state index in [2.05, 4.69) is 11.9 Å². The third-order valence-corrected chi connectivity index (χ3v) is 4.78. The molecule has 0 aliphatic carbocycles. The minimum atomic E-state index is 0.0495. The number of rotatable bonds is 5. The fourth-order valence-corrected chi connectivity index (χ4v) is 3.03. The van der Waals surface area contributed by atoms with Crippen LogP contribution in [-0.2, 0) is 6.61 Å². The predicted octanol–water partition coefficient (Wildman–Crippen LogP) is 3.32. The van der Waals surface area contributed by atoms with Crippen LogP contribution in [0, 0.1) is 0 Å². The Hall–Kier alpha value is -2.24. The summed E-state index contributed by atoms with van der Waals surface area (Å²) in [5.41, 5.74) is 1.49. The highest BCUT2D eigenvalue weighted by Gasteiger charge is 2.21. The molecule has 2 aromatic rings. The molecular formula is C20H23ClN2O3. The van der Waals surface area contributed by atoms with Gasteiger partial charge in [-0.3, -0.25) is 4.79 Å². The van der Waals surface area contributed by atoms with Crippen LogP contribution in [0.3, 0.4) is 0 Å². The summed E-state index contributed by atoms with van der Waals surface area (Å²) in [5, 5.41) is 0.662. The van der Waals surface area contributed by atoms with Gasteiger partial charge in [-0.2, -0.15) is 0 Å². The van der Waals surface area contributed by atoms with Gasteiger partial charge in [0, 0.05) is 42.3 Å². The Morgan fingerprint density at radius 2 is 1.77 bits per heavy atom. The van der Waals surface area contributed by atoms with Crippen LogP contribution >= 0.6 is 11.6 Å². The van der Waals surface area contributed by atoms with Crippen LogP contribution in [0.1, 0.15) is 15.9 Å². The van der Waals surface area contributed by atoms with Crippen molar-refractivity contribution in [3.8, 4) is 11.5 Å². The van der Waals surface area contributed by atoms with Crippen LogP contribution in [0.5, 0.6) is 11.5 Å². The topological polar surface area (TPSA) is 42.0 Å². The molecule has 0 saturated carbocycles. The molecule has 1 aliphatic heterocycles. The molecule has 1 fully saturated rings. The number of benzene rings is 2. The fraction of sp³-hybridized carbons (Fsp3) is 0.350. The van der Waals surface area contributed by atoms with Crippen molar-refractivity contribution in [2.45, 2.75) is 6.61 Å². The monoisotopic (exact) mass is 374 g/mol. The van der Waals surface area contributed by atoms with Gasteiger partial charge in [0.2, 0.25) is 0 Å². The maximum atomic E-state index is 12.8. The normalized spacial score (nSPS) is 15.0. The van der Waals surface area contributed by atoms with Crippen molar-refractivity contribution >= 4 is 17.5 Å². The van der Waals surface area contributed by atoms with E-state index in [-0.39, 0.29) is 5.91 Å². The van der Waals surface area contributed by atoms with Crippen molar-refractivity contribution in [2.75, 3.05) is 40.3 Å². The third-order valence-electron chi connectivity index (χ3n) is 4.53. The summed E-state index contributed by atoms with van der Waals surface area (Å²) < 4.78 is 11.2. The molecule has 1 saturated heterocycles. The lowest BCUT2D eigenvalue weighted by Gasteiger charge is -2.32. The Morgan fingerprint density at radius 1 is 1.08 bits per heavy atom. The van der Waals surface area contributed by atoms with Gasteiger partial charge in [-0.15, -0.1) is 0 Å². The van der Waals surface area contributed by atoms with E-state index in [1.807, 2.05) is 35.2 Å². The van der Waals surface area contributed by atoms with E-state index < -0.39 is 0 Å². The van der Waals surface area contributed by atoms with E-state index in [0.717, 1.165) is 31.7 Å². The predicted molar refractivity (Wildman–Crippen MR) is 102 cm³/mol. The Bertz CT molecular complexity index is 756. The third kappa shape index (κ3) is 4.48. The number of hydrogen-bond donors (Lipinski definition) is 0. The van der Waals surface area contributed by atoms with Gasteiger partial charge in [0.15, 0.2) is 0 Å². The zero-order chi connectivity index (χ0) is 18.5. The van der Waals surface area contributed by atoms with Gasteiger partial charge in [0.05, 0.1) is 7.11 Å². The van der Waals surface area contributed by atoms with Crippen molar-refractivity contribution in [2.24, 2.45) is 0 Å². The highest BCUT2D eigenvalue weighted by atomic mass is 35.5. The second-order valence-electron chi connectivity index (χ2n) is 6.36. The molecule has 1 aliphatic rings. The number of ether oxygens (including phenoxy) is 2. The van der Waals surface area contributed by atoms with Crippen LogP contribution in [0.15, 0.2) is 42.5 Å². The summed E-state index contributed by atoms with van der Waals surface area (Å²) in [7, 11) is 3.69. The largest absolute Gasteiger partial charge is 0.496 e. The molecular weight excluding hydrogens is 352 g/mol. The summed E-state index contributed by atoms with van der Waals surface area (Å²) in [4.78, 5) is 16.9. The van der Waals surface area contributed by atoms with Gasteiger partial charge in [-0.1, -0.05) is 11.6 Å². The first kappa shape index (κ1) is 18.5. The standard InChI is InChI=1S/C20H23ClN2O3/c1-22-9-11-23(12-10-22)20(24)15-3-8-19(25-2)16(13-15)14-26-18-6-4-17(21)5-7-18/h3-8,13H,9-12,14H2,1-2H3. The zero-order valence-corrected chi connectivity index (χ0v) is 15.8. The van der Waals surface area contributed by atoms with Crippen molar-refractivity contribution < 1.29 is 14.3 Å². The Balaban J connectivity index is 1.73. The molecule has 138 valence electrons. The van der Waals surface area contributed by atoms with Crippen LogP contribution < -0.4 is 9.47 Å². The first-order valence-electron chi connectivity index (χ1n) is 8.60. The lowest BCUT2D eigenvalue weighted by Crippen LogP contribution is -2.47. The lowest BCUT2D eigenvalue weighted by molar-refractivity contribution is 0.0664. The number of carbonyl (C=O) groups is 1. The molecule has 26 heavy (non-hydrogen) atoms. The highest BCUT2D eigenvalue weighted by molar-refractivity contribution is 6.30. The second kappa shape index (κ2) is 8.43. The summed E-state index contributed by atoms with van der Waals surface area (Å²) in [5.74, 6) is 1.47. The number of methoxy groups -OCH3 is 1. The second-order valence-corrected chi connectivity index (χ2v) is 6.80. The molecule has 0 N–H and O–H groups in total. The maximum Gasteiger partial charge on any atom is 0.253 e. The van der Waals surface area contributed by atoms with E-state index in [4.69, 9.17) is 21.1 Å². The molecule has 0 radical (unpaired) electrons.